The molecule has 1 aliphatic heterocycles. The zero-order chi connectivity index (χ0) is 29.9. The number of fused-ring (bicyclic) bond motifs is 1. The van der Waals surface area contributed by atoms with Crippen molar-refractivity contribution in [2.75, 3.05) is 19.0 Å². The molecule has 0 spiro atoms. The molecule has 6 N–H and O–H groups in total. The fraction of sp³-hybridized carbons (Fsp3) is 0.517. The Kier molecular flexibility index (Phi) is 9.13. The number of nitrogens with two attached hydrogens (primary N) is 1. The number of esters is 1. The highest BCUT2D eigenvalue weighted by molar-refractivity contribution is 5.97. The molecule has 3 heterocycles. The first-order valence-electron chi connectivity index (χ1n) is 14.2. The summed E-state index contributed by atoms with van der Waals surface area (Å²) in [5.41, 5.74) is 5.93. The third-order valence-electron chi connectivity index (χ3n) is 8.21. The van der Waals surface area contributed by atoms with Gasteiger partial charge in [-0.2, -0.15) is 5.10 Å². The monoisotopic (exact) mass is 584 g/mol. The molecule has 13 heteroatoms. The Morgan fingerprint density at radius 3 is 2.64 bits per heavy atom. The number of amides is 1. The summed E-state index contributed by atoms with van der Waals surface area (Å²) in [5, 5.41) is 31.6. The Labute approximate surface area is 242 Å². The number of halogens is 1. The first kappa shape index (κ1) is 30.0. The minimum Gasteiger partial charge on any atom is -0.457 e. The zero-order valence-electron chi connectivity index (χ0n) is 23.4. The van der Waals surface area contributed by atoms with E-state index in [4.69, 9.17) is 15.2 Å². The largest absolute Gasteiger partial charge is 0.457 e. The molecule has 5 rings (SSSR count). The van der Waals surface area contributed by atoms with Gasteiger partial charge in [-0.3, -0.25) is 14.9 Å². The number of rotatable bonds is 10. The van der Waals surface area contributed by atoms with E-state index in [1.165, 1.54) is 29.4 Å². The lowest BCUT2D eigenvalue weighted by atomic mass is 9.87. The van der Waals surface area contributed by atoms with Gasteiger partial charge in [-0.15, -0.1) is 0 Å². The number of hydrogen-bond acceptors (Lipinski definition) is 10. The number of likely N-dealkylation sites (N-methyl/N-ethyl adjacent to an activating group) is 1. The molecule has 0 bridgehead atoms. The SMILES string of the molecule is CN[C@@]1(c2ccc3c(NC(=O)[C@@H](N)Cc4ccc(F)cc4)ncnn23)O[C@H](CO)[C@@H](OC(=O)CC2CCCCC2)[C@H]1O. The predicted octanol–water partition coefficient (Wildman–Crippen LogP) is 1.38. The maximum Gasteiger partial charge on any atom is 0.306 e. The molecule has 1 amide bonds. The van der Waals surface area contributed by atoms with E-state index in [0.29, 0.717) is 16.8 Å². The van der Waals surface area contributed by atoms with E-state index in [2.05, 4.69) is 20.7 Å². The van der Waals surface area contributed by atoms with Crippen molar-refractivity contribution in [2.24, 2.45) is 11.7 Å². The lowest BCUT2D eigenvalue weighted by molar-refractivity contribution is -0.158. The molecule has 2 fully saturated rings. The van der Waals surface area contributed by atoms with Gasteiger partial charge in [0, 0.05) is 6.42 Å². The minimum absolute atomic E-state index is 0.170. The molecule has 2 aromatic heterocycles. The number of aliphatic hydroxyl groups excluding tert-OH is 2. The molecule has 1 aliphatic carbocycles. The van der Waals surface area contributed by atoms with Crippen LogP contribution in [0.2, 0.25) is 0 Å². The summed E-state index contributed by atoms with van der Waals surface area (Å²) < 4.78 is 26.5. The molecule has 226 valence electrons. The van der Waals surface area contributed by atoms with Crippen LogP contribution in [-0.4, -0.2) is 74.7 Å². The van der Waals surface area contributed by atoms with Gasteiger partial charge >= 0.3 is 5.97 Å². The number of hydrogen-bond donors (Lipinski definition) is 5. The van der Waals surface area contributed by atoms with Crippen LogP contribution in [0.3, 0.4) is 0 Å². The lowest BCUT2D eigenvalue weighted by Gasteiger charge is -2.31. The lowest BCUT2D eigenvalue weighted by Crippen LogP contribution is -2.52. The standard InChI is InChI=1S/C29H37FN6O6/c1-32-29(26(39)25(22(15-37)42-29)41-24(38)14-17-5-3-2-4-6-17)23-12-11-21-27(33-16-34-36(21)23)35-28(40)20(31)13-18-7-9-19(30)10-8-18/h7-12,16-17,20,22,25-26,32,37,39H,2-6,13-15,31H2,1H3,(H,33,34,35,40)/t20-,22+,25+,26+,29-/m0/s1. The van der Waals surface area contributed by atoms with Gasteiger partial charge in [0.25, 0.3) is 0 Å². The van der Waals surface area contributed by atoms with Crippen molar-refractivity contribution in [3.8, 4) is 0 Å². The third-order valence-corrected chi connectivity index (χ3v) is 8.21. The van der Waals surface area contributed by atoms with Gasteiger partial charge < -0.3 is 30.7 Å². The number of carbonyl (C=O) groups excluding carboxylic acids is 2. The molecule has 0 unspecified atom stereocenters. The van der Waals surface area contributed by atoms with Crippen molar-refractivity contribution in [1.82, 2.24) is 19.9 Å². The van der Waals surface area contributed by atoms with Crippen LogP contribution in [0.1, 0.15) is 49.8 Å². The molecule has 1 saturated carbocycles. The van der Waals surface area contributed by atoms with Crippen molar-refractivity contribution < 1.29 is 33.7 Å². The van der Waals surface area contributed by atoms with Crippen molar-refractivity contribution >= 4 is 23.2 Å². The van der Waals surface area contributed by atoms with Crippen LogP contribution in [0.4, 0.5) is 10.2 Å². The van der Waals surface area contributed by atoms with Crippen LogP contribution < -0.4 is 16.4 Å². The van der Waals surface area contributed by atoms with Gasteiger partial charge in [0.15, 0.2) is 17.6 Å². The quantitative estimate of drug-likeness (QED) is 0.219. The first-order valence-corrected chi connectivity index (χ1v) is 14.2. The number of benzene rings is 1. The van der Waals surface area contributed by atoms with Crippen LogP contribution in [0.5, 0.6) is 0 Å². The van der Waals surface area contributed by atoms with Crippen LogP contribution >= 0.6 is 0 Å². The molecule has 1 saturated heterocycles. The van der Waals surface area contributed by atoms with Crippen LogP contribution in [0.25, 0.3) is 5.52 Å². The minimum atomic E-state index is -1.61. The highest BCUT2D eigenvalue weighted by atomic mass is 19.1. The molecule has 2 aliphatic rings. The average molecular weight is 585 g/mol. The van der Waals surface area contributed by atoms with E-state index >= 15 is 0 Å². The van der Waals surface area contributed by atoms with E-state index in [1.54, 1.807) is 31.3 Å². The second-order valence-corrected chi connectivity index (χ2v) is 11.0. The van der Waals surface area contributed by atoms with Crippen molar-refractivity contribution in [3.05, 3.63) is 59.8 Å². The Morgan fingerprint density at radius 2 is 1.95 bits per heavy atom. The second kappa shape index (κ2) is 12.8. The average Bonchev–Trinajstić information content (AvgIpc) is 3.55. The van der Waals surface area contributed by atoms with Gasteiger partial charge in [-0.05, 0) is 62.1 Å². The topological polar surface area (TPSA) is 173 Å². The van der Waals surface area contributed by atoms with Gasteiger partial charge in [0.1, 0.15) is 29.9 Å². The van der Waals surface area contributed by atoms with E-state index in [1.807, 2.05) is 0 Å². The number of nitrogens with zero attached hydrogens (tertiary/aromatic N) is 3. The summed E-state index contributed by atoms with van der Waals surface area (Å²) in [4.78, 5) is 29.9. The predicted molar refractivity (Wildman–Crippen MR) is 149 cm³/mol. The molecule has 42 heavy (non-hydrogen) atoms. The van der Waals surface area contributed by atoms with Crippen molar-refractivity contribution in [2.45, 2.75) is 75.0 Å². The highest BCUT2D eigenvalue weighted by Gasteiger charge is 2.58. The summed E-state index contributed by atoms with van der Waals surface area (Å²) >= 11 is 0. The van der Waals surface area contributed by atoms with Crippen LogP contribution in [0, 0.1) is 11.7 Å². The van der Waals surface area contributed by atoms with E-state index in [9.17, 15) is 24.2 Å². The Balaban J connectivity index is 1.34. The molecule has 1 aromatic carbocycles. The fourth-order valence-electron chi connectivity index (χ4n) is 5.95. The molecular formula is C29H37FN6O6. The summed E-state index contributed by atoms with van der Waals surface area (Å²) in [6.07, 6.45) is 3.41. The van der Waals surface area contributed by atoms with Gasteiger partial charge in [0.05, 0.1) is 18.3 Å². The Hall–Kier alpha value is -3.49. The number of aromatic nitrogens is 3. The smallest absolute Gasteiger partial charge is 0.306 e. The summed E-state index contributed by atoms with van der Waals surface area (Å²) in [5.74, 6) is -0.911. The van der Waals surface area contributed by atoms with Gasteiger partial charge in [0.2, 0.25) is 5.91 Å². The summed E-state index contributed by atoms with van der Waals surface area (Å²) in [6.45, 7) is -0.493. The molecule has 12 nitrogen and oxygen atoms in total. The number of aliphatic hydroxyl groups is 2. The first-order chi connectivity index (χ1) is 20.3. The van der Waals surface area contributed by atoms with Crippen molar-refractivity contribution in [3.63, 3.8) is 0 Å². The maximum absolute atomic E-state index is 13.2. The summed E-state index contributed by atoms with van der Waals surface area (Å²) in [7, 11) is 1.57. The number of anilines is 1. The fourth-order valence-corrected chi connectivity index (χ4v) is 5.95. The van der Waals surface area contributed by atoms with Gasteiger partial charge in [-0.1, -0.05) is 31.4 Å². The molecule has 3 aromatic rings. The van der Waals surface area contributed by atoms with Crippen molar-refractivity contribution in [1.29, 1.82) is 0 Å². The maximum atomic E-state index is 13.2. The Morgan fingerprint density at radius 1 is 1.21 bits per heavy atom. The van der Waals surface area contributed by atoms with Crippen LogP contribution in [-0.2, 0) is 31.2 Å². The number of ether oxygens (including phenoxy) is 2. The molecule has 5 atom stereocenters. The highest BCUT2D eigenvalue weighted by Crippen LogP contribution is 2.40. The van der Waals surface area contributed by atoms with Crippen LogP contribution in [0.15, 0.2) is 42.7 Å². The Bertz CT molecular complexity index is 1400. The van der Waals surface area contributed by atoms with E-state index in [0.717, 1.165) is 25.7 Å². The normalized spacial score (nSPS) is 25.4. The van der Waals surface area contributed by atoms with E-state index in [-0.39, 0.29) is 30.4 Å². The third kappa shape index (κ3) is 6.01. The molecule has 0 radical (unpaired) electrons. The zero-order valence-corrected chi connectivity index (χ0v) is 23.4. The number of carbonyl (C=O) groups is 2. The summed E-state index contributed by atoms with van der Waals surface area (Å²) in [6, 6.07) is 8.08. The number of nitrogens with one attached hydrogen (secondary N) is 2. The molecular weight excluding hydrogens is 547 g/mol. The van der Waals surface area contributed by atoms with Gasteiger partial charge in [-0.25, -0.2) is 13.9 Å². The van der Waals surface area contributed by atoms with E-state index < -0.39 is 48.6 Å². The second-order valence-electron chi connectivity index (χ2n) is 11.0.